The minimum absolute atomic E-state index is 0.0102. The number of amides is 1. The van der Waals surface area contributed by atoms with Crippen molar-refractivity contribution in [1.82, 2.24) is 19.7 Å². The molecular formula is C12H18N4O3S. The fourth-order valence-electron chi connectivity index (χ4n) is 3.02. The minimum atomic E-state index is -3.01. The molecule has 0 bridgehead atoms. The molecule has 1 aromatic heterocycles. The molecule has 0 saturated carbocycles. The van der Waals surface area contributed by atoms with Gasteiger partial charge in [-0.25, -0.2) is 18.1 Å². The molecule has 0 aromatic carbocycles. The highest BCUT2D eigenvalue weighted by atomic mass is 32.2. The molecule has 2 atom stereocenters. The van der Waals surface area contributed by atoms with Crippen molar-refractivity contribution in [2.45, 2.75) is 25.3 Å². The molecule has 2 fully saturated rings. The quantitative estimate of drug-likeness (QED) is 0.759. The van der Waals surface area contributed by atoms with E-state index < -0.39 is 9.84 Å². The van der Waals surface area contributed by atoms with Gasteiger partial charge in [-0.15, -0.1) is 0 Å². The van der Waals surface area contributed by atoms with Crippen molar-refractivity contribution in [3.05, 3.63) is 12.7 Å². The van der Waals surface area contributed by atoms with Gasteiger partial charge in [-0.3, -0.25) is 4.79 Å². The first-order valence-electron chi connectivity index (χ1n) is 6.88. The average molecular weight is 298 g/mol. The van der Waals surface area contributed by atoms with Crippen molar-refractivity contribution >= 4 is 15.7 Å². The van der Waals surface area contributed by atoms with Gasteiger partial charge in [0.25, 0.3) is 0 Å². The Labute approximate surface area is 117 Å². The number of rotatable bonds is 2. The number of aromatic nitrogens is 3. The standard InChI is InChI=1S/C12H18N4O3S/c17-12(10-3-5-20(18,19)7-10)15-4-1-2-11(6-15)16-9-13-8-14-16/h8-11H,1-7H2/t10-,11-/m1/s1. The maximum absolute atomic E-state index is 12.4. The largest absolute Gasteiger partial charge is 0.340 e. The molecule has 0 aliphatic carbocycles. The second kappa shape index (κ2) is 5.16. The lowest BCUT2D eigenvalue weighted by Crippen LogP contribution is -2.44. The van der Waals surface area contributed by atoms with E-state index in [2.05, 4.69) is 10.1 Å². The summed E-state index contributed by atoms with van der Waals surface area (Å²) in [5.74, 6) is -0.217. The van der Waals surface area contributed by atoms with E-state index in [9.17, 15) is 13.2 Å². The number of hydrogen-bond acceptors (Lipinski definition) is 5. The van der Waals surface area contributed by atoms with Crippen LogP contribution < -0.4 is 0 Å². The number of piperidine rings is 1. The Hall–Kier alpha value is -1.44. The zero-order valence-electron chi connectivity index (χ0n) is 11.2. The number of carbonyl (C=O) groups excluding carboxylic acids is 1. The molecular weight excluding hydrogens is 280 g/mol. The van der Waals surface area contributed by atoms with Gasteiger partial charge in [0.05, 0.1) is 23.5 Å². The first kappa shape index (κ1) is 13.5. The monoisotopic (exact) mass is 298 g/mol. The van der Waals surface area contributed by atoms with E-state index >= 15 is 0 Å². The predicted octanol–water partition coefficient (Wildman–Crippen LogP) is -0.124. The Bertz CT molecular complexity index is 584. The molecule has 1 aromatic rings. The zero-order valence-corrected chi connectivity index (χ0v) is 12.0. The van der Waals surface area contributed by atoms with Crippen LogP contribution in [0.1, 0.15) is 25.3 Å². The van der Waals surface area contributed by atoms with Crippen LogP contribution in [-0.4, -0.2) is 58.6 Å². The molecule has 2 aliphatic heterocycles. The van der Waals surface area contributed by atoms with Crippen molar-refractivity contribution in [3.8, 4) is 0 Å². The van der Waals surface area contributed by atoms with Gasteiger partial charge in [0.2, 0.25) is 5.91 Å². The molecule has 2 aliphatic rings. The van der Waals surface area contributed by atoms with Gasteiger partial charge in [-0.05, 0) is 19.3 Å². The third-order valence-electron chi connectivity index (χ3n) is 4.10. The fraction of sp³-hybridized carbons (Fsp3) is 0.750. The fourth-order valence-corrected chi connectivity index (χ4v) is 4.76. The van der Waals surface area contributed by atoms with Crippen LogP contribution in [0.25, 0.3) is 0 Å². The van der Waals surface area contributed by atoms with Crippen molar-refractivity contribution in [3.63, 3.8) is 0 Å². The molecule has 110 valence electrons. The molecule has 7 nitrogen and oxygen atoms in total. The van der Waals surface area contributed by atoms with Crippen LogP contribution in [0.15, 0.2) is 12.7 Å². The number of sulfone groups is 1. The van der Waals surface area contributed by atoms with Crippen LogP contribution in [0.2, 0.25) is 0 Å². The Kier molecular flexibility index (Phi) is 3.49. The Balaban J connectivity index is 1.66. The summed E-state index contributed by atoms with van der Waals surface area (Å²) in [7, 11) is -3.01. The van der Waals surface area contributed by atoms with E-state index in [1.54, 1.807) is 15.9 Å². The maximum Gasteiger partial charge on any atom is 0.226 e. The Morgan fingerprint density at radius 1 is 1.30 bits per heavy atom. The van der Waals surface area contributed by atoms with Crippen molar-refractivity contribution < 1.29 is 13.2 Å². The van der Waals surface area contributed by atoms with Crippen LogP contribution in [0.3, 0.4) is 0 Å². The molecule has 0 unspecified atom stereocenters. The third kappa shape index (κ3) is 2.70. The summed E-state index contributed by atoms with van der Waals surface area (Å²) in [5, 5.41) is 4.13. The molecule has 3 rings (SSSR count). The molecule has 20 heavy (non-hydrogen) atoms. The Morgan fingerprint density at radius 2 is 2.15 bits per heavy atom. The van der Waals surface area contributed by atoms with E-state index in [1.807, 2.05) is 0 Å². The average Bonchev–Trinajstić information content (AvgIpc) is 3.07. The molecule has 0 spiro atoms. The second-order valence-electron chi connectivity index (χ2n) is 5.56. The zero-order chi connectivity index (χ0) is 14.2. The van der Waals surface area contributed by atoms with E-state index in [1.165, 1.54) is 6.33 Å². The van der Waals surface area contributed by atoms with Gasteiger partial charge < -0.3 is 4.90 Å². The van der Waals surface area contributed by atoms with Gasteiger partial charge in [0.1, 0.15) is 12.7 Å². The number of likely N-dealkylation sites (tertiary alicyclic amines) is 1. The van der Waals surface area contributed by atoms with Crippen LogP contribution in [0.5, 0.6) is 0 Å². The van der Waals surface area contributed by atoms with Crippen molar-refractivity contribution in [1.29, 1.82) is 0 Å². The smallest absolute Gasteiger partial charge is 0.226 e. The molecule has 0 radical (unpaired) electrons. The van der Waals surface area contributed by atoms with Gasteiger partial charge in [0, 0.05) is 13.1 Å². The second-order valence-corrected chi connectivity index (χ2v) is 7.78. The summed E-state index contributed by atoms with van der Waals surface area (Å²) in [6.07, 6.45) is 5.50. The molecule has 1 amide bonds. The van der Waals surface area contributed by atoms with E-state index in [-0.39, 0.29) is 29.4 Å². The normalized spacial score (nSPS) is 29.5. The maximum atomic E-state index is 12.4. The molecule has 2 saturated heterocycles. The van der Waals surface area contributed by atoms with Gasteiger partial charge in [0.15, 0.2) is 9.84 Å². The van der Waals surface area contributed by atoms with E-state index in [0.717, 1.165) is 12.8 Å². The van der Waals surface area contributed by atoms with Crippen LogP contribution in [0.4, 0.5) is 0 Å². The van der Waals surface area contributed by atoms with Gasteiger partial charge >= 0.3 is 0 Å². The highest BCUT2D eigenvalue weighted by Crippen LogP contribution is 2.25. The minimum Gasteiger partial charge on any atom is -0.340 e. The Morgan fingerprint density at radius 3 is 2.80 bits per heavy atom. The summed E-state index contributed by atoms with van der Waals surface area (Å²) in [5.41, 5.74) is 0. The number of carbonyl (C=O) groups is 1. The lowest BCUT2D eigenvalue weighted by molar-refractivity contribution is -0.136. The molecule has 8 heteroatoms. The highest BCUT2D eigenvalue weighted by Gasteiger charge is 2.37. The van der Waals surface area contributed by atoms with Gasteiger partial charge in [-0.2, -0.15) is 5.10 Å². The summed E-state index contributed by atoms with van der Waals surface area (Å²) < 4.78 is 24.8. The van der Waals surface area contributed by atoms with Crippen molar-refractivity contribution in [2.75, 3.05) is 24.6 Å². The summed E-state index contributed by atoms with van der Waals surface area (Å²) in [6.45, 7) is 1.30. The van der Waals surface area contributed by atoms with E-state index in [4.69, 9.17) is 0 Å². The first-order chi connectivity index (χ1) is 9.55. The van der Waals surface area contributed by atoms with Crippen molar-refractivity contribution in [2.24, 2.45) is 5.92 Å². The lowest BCUT2D eigenvalue weighted by Gasteiger charge is -2.34. The lowest BCUT2D eigenvalue weighted by atomic mass is 10.0. The number of nitrogens with zero attached hydrogens (tertiary/aromatic N) is 4. The SMILES string of the molecule is O=C([C@@H]1CCS(=O)(=O)C1)N1CCC[C@@H](n2cncn2)C1. The third-order valence-corrected chi connectivity index (χ3v) is 5.87. The summed E-state index contributed by atoms with van der Waals surface area (Å²) >= 11 is 0. The van der Waals surface area contributed by atoms with Crippen LogP contribution >= 0.6 is 0 Å². The highest BCUT2D eigenvalue weighted by molar-refractivity contribution is 7.91. The topological polar surface area (TPSA) is 85.2 Å². The van der Waals surface area contributed by atoms with Gasteiger partial charge in [-0.1, -0.05) is 0 Å². The summed E-state index contributed by atoms with van der Waals surface area (Å²) in [6, 6.07) is 0.146. The first-order valence-corrected chi connectivity index (χ1v) is 8.70. The molecule has 3 heterocycles. The van der Waals surface area contributed by atoms with E-state index in [0.29, 0.717) is 19.5 Å². The predicted molar refractivity (Wildman–Crippen MR) is 71.6 cm³/mol. The van der Waals surface area contributed by atoms with Crippen LogP contribution in [0, 0.1) is 5.92 Å². The summed E-state index contributed by atoms with van der Waals surface area (Å²) in [4.78, 5) is 18.1. The number of hydrogen-bond donors (Lipinski definition) is 0. The molecule has 0 N–H and O–H groups in total. The van der Waals surface area contributed by atoms with Crippen LogP contribution in [-0.2, 0) is 14.6 Å².